The second-order valence-electron chi connectivity index (χ2n) is 7.15. The van der Waals surface area contributed by atoms with Crippen LogP contribution in [-0.2, 0) is 4.79 Å². The van der Waals surface area contributed by atoms with Gasteiger partial charge in [0.15, 0.2) is 17.3 Å². The molecule has 3 heterocycles. The van der Waals surface area contributed by atoms with E-state index >= 15 is 0 Å². The first-order valence-electron chi connectivity index (χ1n) is 9.66. The minimum atomic E-state index is -0.373. The fourth-order valence-corrected chi connectivity index (χ4v) is 3.96. The number of ether oxygens (including phenoxy) is 4. The van der Waals surface area contributed by atoms with Crippen molar-refractivity contribution in [3.63, 3.8) is 0 Å². The van der Waals surface area contributed by atoms with Gasteiger partial charge >= 0.3 is 5.97 Å². The lowest BCUT2D eigenvalue weighted by Gasteiger charge is -2.26. The maximum absolute atomic E-state index is 12.9. The van der Waals surface area contributed by atoms with Crippen molar-refractivity contribution in [2.75, 3.05) is 14.2 Å². The molecule has 2 aliphatic heterocycles. The summed E-state index contributed by atoms with van der Waals surface area (Å²) >= 11 is 0. The van der Waals surface area contributed by atoms with Crippen LogP contribution in [0.2, 0.25) is 0 Å². The summed E-state index contributed by atoms with van der Waals surface area (Å²) in [6.07, 6.45) is 3.18. The number of benzene rings is 2. The predicted octanol–water partition coefficient (Wildman–Crippen LogP) is 4.35. The molecule has 0 aliphatic carbocycles. The number of furan rings is 1. The molecule has 2 aliphatic rings. The molecule has 0 fully saturated rings. The van der Waals surface area contributed by atoms with Gasteiger partial charge in [-0.05, 0) is 42.0 Å². The first-order valence-corrected chi connectivity index (χ1v) is 9.66. The minimum absolute atomic E-state index is 0.105. The van der Waals surface area contributed by atoms with Crippen molar-refractivity contribution < 1.29 is 33.0 Å². The molecule has 0 bridgehead atoms. The van der Waals surface area contributed by atoms with E-state index < -0.39 is 0 Å². The summed E-state index contributed by atoms with van der Waals surface area (Å²) in [5.41, 5.74) is 1.89. The Morgan fingerprint density at radius 2 is 1.84 bits per heavy atom. The Hall–Kier alpha value is -4.00. The van der Waals surface area contributed by atoms with E-state index in [1.54, 1.807) is 50.6 Å². The largest absolute Gasteiger partial charge is 0.493 e. The van der Waals surface area contributed by atoms with E-state index in [2.05, 4.69) is 0 Å². The number of fused-ring (bicyclic) bond motifs is 3. The van der Waals surface area contributed by atoms with Crippen molar-refractivity contribution in [2.24, 2.45) is 0 Å². The smallest absolute Gasteiger partial charge is 0.312 e. The molecule has 7 heteroatoms. The maximum Gasteiger partial charge on any atom is 0.312 e. The van der Waals surface area contributed by atoms with E-state index in [0.717, 1.165) is 5.56 Å². The summed E-state index contributed by atoms with van der Waals surface area (Å²) in [6, 6.07) is 12.2. The summed E-state index contributed by atoms with van der Waals surface area (Å²) in [5, 5.41) is 0. The van der Waals surface area contributed by atoms with E-state index in [-0.39, 0.29) is 29.9 Å². The average Bonchev–Trinajstić information content (AvgIpc) is 3.40. The molecule has 0 spiro atoms. The number of esters is 1. The number of carbonyl (C=O) groups excluding carboxylic acids is 2. The molecule has 31 heavy (non-hydrogen) atoms. The normalized spacial score (nSPS) is 18.3. The summed E-state index contributed by atoms with van der Waals surface area (Å²) in [5.74, 6) is 1.58. The SMILES string of the molecule is COc1ccc([C@@H]2CC(=O)Oc3ccc4c(c32)O/C(=C\c2ccco2)C4=O)cc1OC. The number of hydrogen-bond acceptors (Lipinski definition) is 7. The van der Waals surface area contributed by atoms with Gasteiger partial charge in [0.25, 0.3) is 0 Å². The number of methoxy groups -OCH3 is 2. The van der Waals surface area contributed by atoms with Crippen LogP contribution >= 0.6 is 0 Å². The van der Waals surface area contributed by atoms with Crippen LogP contribution < -0.4 is 18.9 Å². The lowest BCUT2D eigenvalue weighted by Crippen LogP contribution is -2.21. The highest BCUT2D eigenvalue weighted by Crippen LogP contribution is 2.49. The van der Waals surface area contributed by atoms with Crippen LogP contribution in [-0.4, -0.2) is 26.0 Å². The highest BCUT2D eigenvalue weighted by molar-refractivity contribution is 6.15. The van der Waals surface area contributed by atoms with Gasteiger partial charge in [-0.1, -0.05) is 6.07 Å². The van der Waals surface area contributed by atoms with Gasteiger partial charge in [-0.3, -0.25) is 9.59 Å². The van der Waals surface area contributed by atoms with Crippen LogP contribution in [0.5, 0.6) is 23.0 Å². The Bertz CT molecular complexity index is 1220. The molecule has 0 saturated carbocycles. The number of Topliss-reactive ketones (excluding diaryl/α,β-unsaturated/α-hetero) is 1. The number of ketones is 1. The Morgan fingerprint density at radius 3 is 2.58 bits per heavy atom. The minimum Gasteiger partial charge on any atom is -0.493 e. The first-order chi connectivity index (χ1) is 15.1. The number of rotatable bonds is 4. The van der Waals surface area contributed by atoms with E-state index in [1.807, 2.05) is 12.1 Å². The summed E-state index contributed by atoms with van der Waals surface area (Å²) in [7, 11) is 3.11. The molecule has 0 saturated heterocycles. The Labute approximate surface area is 177 Å². The molecule has 0 N–H and O–H groups in total. The van der Waals surface area contributed by atoms with Gasteiger partial charge in [0, 0.05) is 17.6 Å². The second-order valence-corrected chi connectivity index (χ2v) is 7.15. The van der Waals surface area contributed by atoms with E-state index in [9.17, 15) is 9.59 Å². The molecule has 1 atom stereocenters. The van der Waals surface area contributed by atoms with E-state index in [0.29, 0.717) is 39.9 Å². The third kappa shape index (κ3) is 3.15. The highest BCUT2D eigenvalue weighted by Gasteiger charge is 2.38. The van der Waals surface area contributed by atoms with Gasteiger partial charge in [-0.2, -0.15) is 0 Å². The third-order valence-electron chi connectivity index (χ3n) is 5.41. The van der Waals surface area contributed by atoms with Crippen molar-refractivity contribution in [1.82, 2.24) is 0 Å². The topological polar surface area (TPSA) is 84.2 Å². The monoisotopic (exact) mass is 418 g/mol. The zero-order valence-corrected chi connectivity index (χ0v) is 16.8. The molecule has 1 aromatic heterocycles. The number of carbonyl (C=O) groups is 2. The Kier molecular flexibility index (Phi) is 4.51. The molecular weight excluding hydrogens is 400 g/mol. The Balaban J connectivity index is 1.63. The van der Waals surface area contributed by atoms with Gasteiger partial charge in [-0.25, -0.2) is 0 Å². The third-order valence-corrected chi connectivity index (χ3v) is 5.41. The molecule has 7 nitrogen and oxygen atoms in total. The van der Waals surface area contributed by atoms with Crippen LogP contribution in [0.3, 0.4) is 0 Å². The zero-order valence-electron chi connectivity index (χ0n) is 16.8. The van der Waals surface area contributed by atoms with Gasteiger partial charge in [0.05, 0.1) is 32.5 Å². The number of hydrogen-bond donors (Lipinski definition) is 0. The van der Waals surface area contributed by atoms with Crippen LogP contribution in [0, 0.1) is 0 Å². The fourth-order valence-electron chi connectivity index (χ4n) is 3.96. The predicted molar refractivity (Wildman–Crippen MR) is 110 cm³/mol. The van der Waals surface area contributed by atoms with Gasteiger partial charge in [0.2, 0.25) is 5.78 Å². The molecule has 2 aromatic carbocycles. The van der Waals surface area contributed by atoms with Crippen molar-refractivity contribution >= 4 is 17.8 Å². The van der Waals surface area contributed by atoms with Gasteiger partial charge < -0.3 is 23.4 Å². The van der Waals surface area contributed by atoms with E-state index in [4.69, 9.17) is 23.4 Å². The molecule has 0 amide bonds. The Morgan fingerprint density at radius 1 is 1.00 bits per heavy atom. The van der Waals surface area contributed by atoms with Crippen molar-refractivity contribution in [3.8, 4) is 23.0 Å². The number of allylic oxidation sites excluding steroid dienone is 1. The van der Waals surface area contributed by atoms with Crippen molar-refractivity contribution in [3.05, 3.63) is 76.9 Å². The van der Waals surface area contributed by atoms with Crippen LogP contribution in [0.1, 0.15) is 39.6 Å². The summed E-state index contributed by atoms with van der Waals surface area (Å²) in [6.45, 7) is 0. The molecule has 0 unspecified atom stereocenters. The van der Waals surface area contributed by atoms with Crippen molar-refractivity contribution in [2.45, 2.75) is 12.3 Å². The molecule has 0 radical (unpaired) electrons. The summed E-state index contributed by atoms with van der Waals surface area (Å²) in [4.78, 5) is 25.2. The summed E-state index contributed by atoms with van der Waals surface area (Å²) < 4.78 is 27.5. The fraction of sp³-hybridized carbons (Fsp3) is 0.167. The van der Waals surface area contributed by atoms with Crippen LogP contribution in [0.25, 0.3) is 6.08 Å². The molecule has 156 valence electrons. The van der Waals surface area contributed by atoms with Crippen LogP contribution in [0.15, 0.2) is 58.9 Å². The van der Waals surface area contributed by atoms with E-state index in [1.165, 1.54) is 6.26 Å². The first kappa shape index (κ1) is 19.0. The standard InChI is InChI=1S/C24H18O7/c1-27-17-7-5-13(10-19(17)28-2)16-12-21(25)30-18-8-6-15-23(26)20(31-24(15)22(16)18)11-14-4-3-9-29-14/h3-11,16H,12H2,1-2H3/b20-11-/t16-/m0/s1. The molecule has 3 aromatic rings. The van der Waals surface area contributed by atoms with Crippen LogP contribution in [0.4, 0.5) is 0 Å². The average molecular weight is 418 g/mol. The van der Waals surface area contributed by atoms with Crippen molar-refractivity contribution in [1.29, 1.82) is 0 Å². The quantitative estimate of drug-likeness (QED) is 0.354. The molecule has 5 rings (SSSR count). The van der Waals surface area contributed by atoms with Gasteiger partial charge in [-0.15, -0.1) is 0 Å². The zero-order chi connectivity index (χ0) is 21.5. The lowest BCUT2D eigenvalue weighted by molar-refractivity contribution is -0.135. The maximum atomic E-state index is 12.9. The second kappa shape index (κ2) is 7.36. The lowest BCUT2D eigenvalue weighted by atomic mass is 9.84. The molecular formula is C24H18O7. The van der Waals surface area contributed by atoms with Gasteiger partial charge in [0.1, 0.15) is 17.3 Å². The highest BCUT2D eigenvalue weighted by atomic mass is 16.5.